The molecule has 3 aliphatic rings. The van der Waals surface area contributed by atoms with E-state index in [9.17, 15) is 0 Å². The maximum atomic E-state index is 4.06. The molecule has 2 unspecified atom stereocenters. The number of anilines is 4. The predicted molar refractivity (Wildman–Crippen MR) is 242 cm³/mol. The molecule has 0 amide bonds. The van der Waals surface area contributed by atoms with Crippen molar-refractivity contribution in [3.05, 3.63) is 191 Å². The van der Waals surface area contributed by atoms with Crippen LogP contribution in [0.4, 0.5) is 22.7 Å². The third kappa shape index (κ3) is 10.8. The van der Waals surface area contributed by atoms with Crippen molar-refractivity contribution in [1.29, 1.82) is 0 Å². The van der Waals surface area contributed by atoms with Crippen molar-refractivity contribution in [1.82, 2.24) is 0 Å². The van der Waals surface area contributed by atoms with Gasteiger partial charge in [0.15, 0.2) is 0 Å². The average Bonchev–Trinajstić information content (AvgIpc) is 3.67. The number of allylic oxidation sites excluding steroid dienone is 4. The highest BCUT2D eigenvalue weighted by atomic mass is 15.1. The highest BCUT2D eigenvalue weighted by Crippen LogP contribution is 2.43. The van der Waals surface area contributed by atoms with Crippen LogP contribution >= 0.6 is 0 Å². The molecule has 0 bridgehead atoms. The maximum Gasteiger partial charge on any atom is 0.0632 e. The number of benzene rings is 5. The largest absolute Gasteiger partial charge is 0.378 e. The van der Waals surface area contributed by atoms with Crippen LogP contribution in [0.5, 0.6) is 0 Å². The zero-order valence-electron chi connectivity index (χ0n) is 32.9. The van der Waals surface area contributed by atoms with Crippen LogP contribution in [0.3, 0.4) is 0 Å². The second kappa shape index (κ2) is 20.6. The maximum absolute atomic E-state index is 4.06. The Bertz CT molecular complexity index is 2110. The SMILES string of the molecule is C=NCC1=CCCC=C1.C=NCc1ccc(N(c2ccc(C3C=CCCC3)cc2)c2cc3c(cc2C)CC(c2ccccc2)N3)cc1.C=NCc1ccccc1. The molecule has 5 nitrogen and oxygen atoms in total. The van der Waals surface area contributed by atoms with Crippen molar-refractivity contribution in [2.75, 3.05) is 16.8 Å². The second-order valence-electron chi connectivity index (χ2n) is 14.6. The van der Waals surface area contributed by atoms with Crippen molar-refractivity contribution in [2.45, 2.75) is 70.5 Å². The molecule has 0 spiro atoms. The van der Waals surface area contributed by atoms with Gasteiger partial charge in [-0.1, -0.05) is 121 Å². The lowest BCUT2D eigenvalue weighted by Crippen LogP contribution is -2.12. The van der Waals surface area contributed by atoms with Gasteiger partial charge in [0, 0.05) is 23.0 Å². The zero-order chi connectivity index (χ0) is 39.0. The van der Waals surface area contributed by atoms with Gasteiger partial charge in [-0.3, -0.25) is 15.0 Å². The Kier molecular flexibility index (Phi) is 14.5. The minimum Gasteiger partial charge on any atom is -0.378 e. The first-order valence-corrected chi connectivity index (χ1v) is 19.8. The number of fused-ring (bicyclic) bond motifs is 1. The minimum atomic E-state index is 0.308. The summed E-state index contributed by atoms with van der Waals surface area (Å²) in [5, 5.41) is 3.80. The quantitative estimate of drug-likeness (QED) is 0.108. The second-order valence-corrected chi connectivity index (χ2v) is 14.6. The molecule has 0 saturated heterocycles. The van der Waals surface area contributed by atoms with Gasteiger partial charge in [0.05, 0.1) is 31.4 Å². The summed E-state index contributed by atoms with van der Waals surface area (Å²) in [6.07, 6.45) is 18.3. The molecule has 5 aromatic carbocycles. The smallest absolute Gasteiger partial charge is 0.0632 e. The Balaban J connectivity index is 0.000000242. The summed E-state index contributed by atoms with van der Waals surface area (Å²) in [6, 6.07) is 43.7. The first-order valence-electron chi connectivity index (χ1n) is 19.8. The zero-order valence-corrected chi connectivity index (χ0v) is 32.9. The molecular formula is C51H55N5. The van der Waals surface area contributed by atoms with E-state index in [1.807, 2.05) is 30.3 Å². The summed E-state index contributed by atoms with van der Waals surface area (Å²) in [7, 11) is 0. The van der Waals surface area contributed by atoms with Gasteiger partial charge < -0.3 is 10.2 Å². The lowest BCUT2D eigenvalue weighted by molar-refractivity contribution is 0.654. The molecule has 1 heterocycles. The van der Waals surface area contributed by atoms with Crippen LogP contribution in [0.1, 0.15) is 77.4 Å². The minimum absolute atomic E-state index is 0.308. The molecule has 1 N–H and O–H groups in total. The monoisotopic (exact) mass is 737 g/mol. The number of nitrogens with one attached hydrogen (secondary N) is 1. The van der Waals surface area contributed by atoms with Crippen molar-refractivity contribution in [2.24, 2.45) is 15.0 Å². The van der Waals surface area contributed by atoms with E-state index in [-0.39, 0.29) is 0 Å². The van der Waals surface area contributed by atoms with E-state index in [4.69, 9.17) is 0 Å². The Morgan fingerprint density at radius 2 is 1.30 bits per heavy atom. The summed E-state index contributed by atoms with van der Waals surface area (Å²) >= 11 is 0. The fourth-order valence-electron chi connectivity index (χ4n) is 7.54. The van der Waals surface area contributed by atoms with Crippen molar-refractivity contribution in [3.8, 4) is 0 Å². The normalized spacial score (nSPS) is 16.4. The van der Waals surface area contributed by atoms with Gasteiger partial charge in [0.1, 0.15) is 0 Å². The fourth-order valence-corrected chi connectivity index (χ4v) is 7.54. The first-order chi connectivity index (χ1) is 27.6. The topological polar surface area (TPSA) is 52.4 Å². The van der Waals surface area contributed by atoms with Gasteiger partial charge in [0.2, 0.25) is 0 Å². The van der Waals surface area contributed by atoms with E-state index in [0.717, 1.165) is 25.2 Å². The molecule has 5 aromatic rings. The van der Waals surface area contributed by atoms with Crippen LogP contribution in [0.15, 0.2) is 172 Å². The third-order valence-corrected chi connectivity index (χ3v) is 10.4. The van der Waals surface area contributed by atoms with Gasteiger partial charge >= 0.3 is 0 Å². The molecule has 0 aromatic heterocycles. The van der Waals surface area contributed by atoms with E-state index < -0.39 is 0 Å². The summed E-state index contributed by atoms with van der Waals surface area (Å²) in [5.74, 6) is 0.526. The lowest BCUT2D eigenvalue weighted by Gasteiger charge is -2.28. The summed E-state index contributed by atoms with van der Waals surface area (Å²) in [6.45, 7) is 14.9. The molecule has 8 rings (SSSR count). The fraction of sp³-hybridized carbons (Fsp3) is 0.235. The lowest BCUT2D eigenvalue weighted by atomic mass is 9.89. The summed E-state index contributed by atoms with van der Waals surface area (Å²) < 4.78 is 0. The van der Waals surface area contributed by atoms with Gasteiger partial charge in [0.25, 0.3) is 0 Å². The van der Waals surface area contributed by atoms with Gasteiger partial charge in [-0.05, 0) is 135 Å². The van der Waals surface area contributed by atoms with Crippen LogP contribution in [0.25, 0.3) is 0 Å². The van der Waals surface area contributed by atoms with E-state index in [1.54, 1.807) is 0 Å². The van der Waals surface area contributed by atoms with E-state index >= 15 is 0 Å². The summed E-state index contributed by atoms with van der Waals surface area (Å²) in [4.78, 5) is 14.0. The number of aliphatic imine (C=N–C) groups is 3. The van der Waals surface area contributed by atoms with Crippen LogP contribution < -0.4 is 10.2 Å². The molecule has 2 atom stereocenters. The number of rotatable bonds is 11. The average molecular weight is 738 g/mol. The van der Waals surface area contributed by atoms with E-state index in [0.29, 0.717) is 18.5 Å². The van der Waals surface area contributed by atoms with Crippen molar-refractivity contribution in [3.63, 3.8) is 0 Å². The highest BCUT2D eigenvalue weighted by Gasteiger charge is 2.25. The van der Waals surface area contributed by atoms with Crippen LogP contribution in [0.2, 0.25) is 0 Å². The molecule has 284 valence electrons. The Labute approximate surface area is 334 Å². The molecule has 0 saturated carbocycles. The van der Waals surface area contributed by atoms with Crippen LogP contribution in [-0.2, 0) is 19.5 Å². The third-order valence-electron chi connectivity index (χ3n) is 10.4. The Morgan fingerprint density at radius 3 is 1.91 bits per heavy atom. The molecule has 1 aliphatic heterocycles. The molecule has 5 heteroatoms. The highest BCUT2D eigenvalue weighted by molar-refractivity contribution is 5.82. The van der Waals surface area contributed by atoms with Crippen molar-refractivity contribution >= 4 is 42.9 Å². The molecule has 2 aliphatic carbocycles. The van der Waals surface area contributed by atoms with Crippen LogP contribution in [0, 0.1) is 6.92 Å². The Hall–Kier alpha value is -6.07. The predicted octanol–water partition coefficient (Wildman–Crippen LogP) is 13.0. The molecule has 0 fully saturated rings. The molecule has 0 radical (unpaired) electrons. The number of aryl methyl sites for hydroxylation is 1. The van der Waals surface area contributed by atoms with Gasteiger partial charge in [-0.25, -0.2) is 0 Å². The number of hydrogen-bond donors (Lipinski definition) is 1. The first kappa shape index (κ1) is 39.6. The van der Waals surface area contributed by atoms with Crippen LogP contribution in [-0.4, -0.2) is 26.7 Å². The standard InChI is InChI=1S/C35H35N3.C8H11N.C8H9N/c1-25-21-30-22-33(29-11-7-4-8-12-29)37-34(30)23-35(25)38(31-17-13-26(14-18-31)24-36-2)32-19-15-28(16-20-32)27-9-5-3-6-10-27;2*1-9-7-8-5-3-2-4-6-8/h4-5,7-9,11-21,23,27,33,37H,2-3,6,10,22,24H2,1H3;3,5-6H,1-2,4,7H2;2-6H,1,7H2. The van der Waals surface area contributed by atoms with Crippen molar-refractivity contribution < 1.29 is 0 Å². The Morgan fingerprint density at radius 1 is 0.661 bits per heavy atom. The molecular weight excluding hydrogens is 683 g/mol. The van der Waals surface area contributed by atoms with Gasteiger partial charge in [-0.15, -0.1) is 0 Å². The van der Waals surface area contributed by atoms with Gasteiger partial charge in [-0.2, -0.15) is 0 Å². The number of nitrogens with zero attached hydrogens (tertiary/aromatic N) is 4. The van der Waals surface area contributed by atoms with E-state index in [1.165, 1.54) is 88.1 Å². The van der Waals surface area contributed by atoms with E-state index in [2.05, 4.69) is 174 Å². The summed E-state index contributed by atoms with van der Waals surface area (Å²) in [5.41, 5.74) is 13.8. The molecule has 56 heavy (non-hydrogen) atoms. The number of hydrogen-bond acceptors (Lipinski definition) is 5.